The summed E-state index contributed by atoms with van der Waals surface area (Å²) in [6.07, 6.45) is 1.49. The Balaban J connectivity index is 2.21. The molecule has 19 heavy (non-hydrogen) atoms. The molecule has 1 aromatic heterocycles. The first kappa shape index (κ1) is 13.5. The van der Waals surface area contributed by atoms with Crippen LogP contribution in [0.4, 0.5) is 0 Å². The van der Waals surface area contributed by atoms with Gasteiger partial charge in [-0.1, -0.05) is 29.8 Å². The van der Waals surface area contributed by atoms with Crippen LogP contribution in [0.25, 0.3) is 5.76 Å². The number of halogens is 2. The Bertz CT molecular complexity index is 622. The number of hydrogen-bond donors (Lipinski definition) is 1. The van der Waals surface area contributed by atoms with Gasteiger partial charge in [0.25, 0.3) is 5.90 Å². The highest BCUT2D eigenvalue weighted by Gasteiger charge is 2.13. The van der Waals surface area contributed by atoms with Gasteiger partial charge in [-0.25, -0.2) is 0 Å². The maximum absolute atomic E-state index is 6.06. The molecule has 0 saturated carbocycles. The zero-order valence-corrected chi connectivity index (χ0v) is 11.3. The lowest BCUT2D eigenvalue weighted by Crippen LogP contribution is -2.07. The number of hydrazone groups is 1. The van der Waals surface area contributed by atoms with Crippen LogP contribution in [0.2, 0.25) is 10.0 Å². The molecule has 4 nitrogen and oxygen atoms in total. The van der Waals surface area contributed by atoms with Gasteiger partial charge in [-0.05, 0) is 30.3 Å². The minimum Gasteiger partial charge on any atom is -0.459 e. The molecule has 1 aromatic carbocycles. The maximum Gasteiger partial charge on any atom is 0.279 e. The summed E-state index contributed by atoms with van der Waals surface area (Å²) in [5.41, 5.74) is 0.596. The first-order valence-corrected chi connectivity index (χ1v) is 6.01. The van der Waals surface area contributed by atoms with Crippen molar-refractivity contribution < 1.29 is 9.15 Å². The average molecular weight is 297 g/mol. The Kier molecular flexibility index (Phi) is 4.14. The van der Waals surface area contributed by atoms with E-state index >= 15 is 0 Å². The van der Waals surface area contributed by atoms with E-state index in [0.717, 1.165) is 0 Å². The summed E-state index contributed by atoms with van der Waals surface area (Å²) in [6, 6.07) is 8.34. The van der Waals surface area contributed by atoms with E-state index in [1.54, 1.807) is 30.3 Å². The molecular formula is C13H10Cl2N2O2. The summed E-state index contributed by atoms with van der Waals surface area (Å²) in [4.78, 5) is 0. The van der Waals surface area contributed by atoms with Crippen LogP contribution < -0.4 is 5.84 Å². The first-order chi connectivity index (χ1) is 9.11. The fraction of sp³-hybridized carbons (Fsp3) is 0. The standard InChI is InChI=1S/C13H10Cl2N2O2/c1-8(10-5-4-9(14)7-11(10)15)19-13(17-16)12-3-2-6-18-12/h2-7H,1,16H2/b17-13-. The third-order valence-corrected chi connectivity index (χ3v) is 2.85. The average Bonchev–Trinajstić information content (AvgIpc) is 2.89. The number of furan rings is 1. The smallest absolute Gasteiger partial charge is 0.279 e. The van der Waals surface area contributed by atoms with Crippen LogP contribution in [0.5, 0.6) is 0 Å². The third-order valence-electron chi connectivity index (χ3n) is 2.30. The van der Waals surface area contributed by atoms with Gasteiger partial charge in [0.2, 0.25) is 0 Å². The summed E-state index contributed by atoms with van der Waals surface area (Å²) in [5.74, 6) is 6.06. The fourth-order valence-electron chi connectivity index (χ4n) is 1.43. The van der Waals surface area contributed by atoms with Crippen LogP contribution in [-0.4, -0.2) is 5.90 Å². The lowest BCUT2D eigenvalue weighted by Gasteiger charge is -2.10. The summed E-state index contributed by atoms with van der Waals surface area (Å²) in [7, 11) is 0. The van der Waals surface area contributed by atoms with Crippen LogP contribution in [0, 0.1) is 0 Å². The normalized spacial score (nSPS) is 11.4. The predicted octanol–water partition coefficient (Wildman–Crippen LogP) is 3.89. The fourth-order valence-corrected chi connectivity index (χ4v) is 1.94. The first-order valence-electron chi connectivity index (χ1n) is 5.25. The van der Waals surface area contributed by atoms with Crippen molar-refractivity contribution in [3.05, 3.63) is 64.5 Å². The van der Waals surface area contributed by atoms with Crippen LogP contribution in [0.3, 0.4) is 0 Å². The largest absolute Gasteiger partial charge is 0.459 e. The van der Waals surface area contributed by atoms with E-state index in [-0.39, 0.29) is 5.90 Å². The van der Waals surface area contributed by atoms with Gasteiger partial charge in [0.15, 0.2) is 5.76 Å². The number of nitrogens with zero attached hydrogens (tertiary/aromatic N) is 1. The molecule has 6 heteroatoms. The lowest BCUT2D eigenvalue weighted by molar-refractivity contribution is 0.469. The van der Waals surface area contributed by atoms with Gasteiger partial charge in [0.1, 0.15) is 5.76 Å². The molecule has 0 saturated heterocycles. The van der Waals surface area contributed by atoms with Crippen LogP contribution >= 0.6 is 23.2 Å². The molecule has 0 radical (unpaired) electrons. The zero-order valence-electron chi connectivity index (χ0n) is 9.77. The predicted molar refractivity (Wildman–Crippen MR) is 76.0 cm³/mol. The number of nitrogens with two attached hydrogens (primary N) is 1. The summed E-state index contributed by atoms with van der Waals surface area (Å²) >= 11 is 11.9. The van der Waals surface area contributed by atoms with Crippen molar-refractivity contribution >= 4 is 34.9 Å². The van der Waals surface area contributed by atoms with Crippen LogP contribution in [0.1, 0.15) is 11.3 Å². The van der Waals surface area contributed by atoms with E-state index in [1.807, 2.05) is 0 Å². The van der Waals surface area contributed by atoms with Crippen molar-refractivity contribution in [2.24, 2.45) is 10.9 Å². The summed E-state index contributed by atoms with van der Waals surface area (Å²) < 4.78 is 10.6. The molecule has 2 N–H and O–H groups in total. The van der Waals surface area contributed by atoms with E-state index in [0.29, 0.717) is 27.1 Å². The molecule has 0 fully saturated rings. The molecule has 0 bridgehead atoms. The highest BCUT2D eigenvalue weighted by atomic mass is 35.5. The van der Waals surface area contributed by atoms with Gasteiger partial charge in [-0.2, -0.15) is 0 Å². The maximum atomic E-state index is 6.06. The van der Waals surface area contributed by atoms with Crippen molar-refractivity contribution in [2.75, 3.05) is 0 Å². The Labute approximate surface area is 120 Å². The molecule has 2 rings (SSSR count). The van der Waals surface area contributed by atoms with Crippen molar-refractivity contribution in [1.29, 1.82) is 0 Å². The number of rotatable bonds is 3. The number of hydrogen-bond acceptors (Lipinski definition) is 4. The quantitative estimate of drug-likeness (QED) is 0.307. The topological polar surface area (TPSA) is 60.8 Å². The zero-order chi connectivity index (χ0) is 13.8. The Morgan fingerprint density at radius 3 is 2.68 bits per heavy atom. The molecule has 0 amide bonds. The van der Waals surface area contributed by atoms with Gasteiger partial charge >= 0.3 is 0 Å². The van der Waals surface area contributed by atoms with E-state index in [2.05, 4.69) is 11.7 Å². The molecule has 98 valence electrons. The second-order valence-electron chi connectivity index (χ2n) is 3.56. The van der Waals surface area contributed by atoms with Gasteiger partial charge in [0.05, 0.1) is 11.3 Å². The Morgan fingerprint density at radius 2 is 2.11 bits per heavy atom. The van der Waals surface area contributed by atoms with Crippen molar-refractivity contribution in [1.82, 2.24) is 0 Å². The Morgan fingerprint density at radius 1 is 1.32 bits per heavy atom. The third kappa shape index (κ3) is 3.10. The van der Waals surface area contributed by atoms with E-state index in [4.69, 9.17) is 38.2 Å². The molecule has 0 spiro atoms. The molecule has 0 aliphatic heterocycles. The van der Waals surface area contributed by atoms with Gasteiger partial charge in [0, 0.05) is 10.6 Å². The molecule has 2 aromatic rings. The van der Waals surface area contributed by atoms with Crippen molar-refractivity contribution in [3.63, 3.8) is 0 Å². The van der Waals surface area contributed by atoms with E-state index in [1.165, 1.54) is 6.26 Å². The minimum atomic E-state index is 0.112. The molecule has 0 aliphatic rings. The molecule has 1 heterocycles. The van der Waals surface area contributed by atoms with Gasteiger partial charge in [-0.15, -0.1) is 5.10 Å². The second-order valence-corrected chi connectivity index (χ2v) is 4.40. The molecular weight excluding hydrogens is 287 g/mol. The molecule has 0 atom stereocenters. The highest BCUT2D eigenvalue weighted by Crippen LogP contribution is 2.27. The molecule has 0 unspecified atom stereocenters. The van der Waals surface area contributed by atoms with E-state index < -0.39 is 0 Å². The van der Waals surface area contributed by atoms with Crippen molar-refractivity contribution in [3.8, 4) is 0 Å². The van der Waals surface area contributed by atoms with Gasteiger partial charge < -0.3 is 15.0 Å². The highest BCUT2D eigenvalue weighted by molar-refractivity contribution is 6.35. The number of ether oxygens (including phenoxy) is 1. The van der Waals surface area contributed by atoms with Crippen LogP contribution in [-0.2, 0) is 4.74 Å². The van der Waals surface area contributed by atoms with Crippen LogP contribution in [0.15, 0.2) is 52.7 Å². The summed E-state index contributed by atoms with van der Waals surface area (Å²) in [6.45, 7) is 3.79. The Hall–Kier alpha value is -1.91. The lowest BCUT2D eigenvalue weighted by atomic mass is 10.2. The summed E-state index contributed by atoms with van der Waals surface area (Å²) in [5, 5.41) is 4.47. The van der Waals surface area contributed by atoms with E-state index in [9.17, 15) is 0 Å². The van der Waals surface area contributed by atoms with Gasteiger partial charge in [-0.3, -0.25) is 0 Å². The minimum absolute atomic E-state index is 0.112. The number of benzene rings is 1. The van der Waals surface area contributed by atoms with Crippen molar-refractivity contribution in [2.45, 2.75) is 0 Å². The monoisotopic (exact) mass is 296 g/mol. The second kappa shape index (κ2) is 5.82. The molecule has 0 aliphatic carbocycles. The SMILES string of the molecule is C=C(O/C(=N\N)c1ccco1)c1ccc(Cl)cc1Cl.